The van der Waals surface area contributed by atoms with E-state index in [2.05, 4.69) is 20.6 Å². The number of nitrogens with one attached hydrogen (secondary N) is 1. The fourth-order valence-corrected chi connectivity index (χ4v) is 6.46. The van der Waals surface area contributed by atoms with Gasteiger partial charge in [0, 0.05) is 0 Å². The Morgan fingerprint density at radius 3 is 2.02 bits per heavy atom. The van der Waals surface area contributed by atoms with Gasteiger partial charge in [0.1, 0.15) is 0 Å². The van der Waals surface area contributed by atoms with E-state index >= 15 is 0 Å². The number of rotatable bonds is 11. The molecular weight excluding hydrogens is 638 g/mol. The molecule has 0 radical (unpaired) electrons. The maximum absolute atomic E-state index is 12.7. The molecule has 2 heterocycles. The average molecular weight is 670 g/mol. The molecular formula is C31H31N2O8PSe. The van der Waals surface area contributed by atoms with Crippen LogP contribution in [0.25, 0.3) is 0 Å². The molecule has 1 saturated heterocycles. The van der Waals surface area contributed by atoms with Crippen molar-refractivity contribution in [2.45, 2.75) is 37.4 Å². The molecule has 0 spiro atoms. The quantitative estimate of drug-likeness (QED) is 0.142. The molecule has 0 saturated carbocycles. The van der Waals surface area contributed by atoms with Crippen LogP contribution in [-0.2, 0) is 24.2 Å². The van der Waals surface area contributed by atoms with Gasteiger partial charge in [0.15, 0.2) is 0 Å². The average Bonchev–Trinajstić information content (AvgIpc) is 3.41. The predicted octanol–water partition coefficient (Wildman–Crippen LogP) is 4.37. The predicted molar refractivity (Wildman–Crippen MR) is 161 cm³/mol. The Morgan fingerprint density at radius 2 is 1.49 bits per heavy atom. The van der Waals surface area contributed by atoms with E-state index in [9.17, 15) is 14.2 Å². The first-order chi connectivity index (χ1) is 20.7. The Morgan fingerprint density at radius 1 is 0.930 bits per heavy atom. The van der Waals surface area contributed by atoms with E-state index in [1.807, 2.05) is 78.9 Å². The summed E-state index contributed by atoms with van der Waals surface area (Å²) in [7, 11) is 3.22. The SMILES string of the molecule is COc1ccc(C(OC[C@H]2O[C@@H](n3cc(C)c(=O)[nH]c3=O)C[C@@H]2O[P+](=O)[Se-])(c2ccccc2)c2ccc(OC)cc2)cc1. The molecule has 3 aromatic carbocycles. The van der Waals surface area contributed by atoms with Crippen LogP contribution >= 0.6 is 6.72 Å². The first kappa shape index (κ1) is 30.9. The van der Waals surface area contributed by atoms with Crippen LogP contribution < -0.4 is 20.7 Å². The van der Waals surface area contributed by atoms with Crippen molar-refractivity contribution in [2.75, 3.05) is 20.8 Å². The Bertz CT molecular complexity index is 1630. The molecule has 4 atom stereocenters. The van der Waals surface area contributed by atoms with Gasteiger partial charge in [0.25, 0.3) is 0 Å². The third kappa shape index (κ3) is 6.53. The maximum atomic E-state index is 12.7. The van der Waals surface area contributed by atoms with Gasteiger partial charge in [-0.1, -0.05) is 0 Å². The van der Waals surface area contributed by atoms with Gasteiger partial charge < -0.3 is 0 Å². The van der Waals surface area contributed by atoms with E-state index in [-0.39, 0.29) is 13.0 Å². The number of aryl methyl sites for hydroxylation is 1. The van der Waals surface area contributed by atoms with E-state index in [0.717, 1.165) is 16.7 Å². The van der Waals surface area contributed by atoms with Crippen LogP contribution in [-0.4, -0.2) is 58.2 Å². The molecule has 5 rings (SSSR count). The molecule has 12 heteroatoms. The van der Waals surface area contributed by atoms with Crippen LogP contribution in [0.15, 0.2) is 94.6 Å². The van der Waals surface area contributed by atoms with E-state index in [0.29, 0.717) is 17.1 Å². The zero-order chi connectivity index (χ0) is 30.6. The molecule has 4 aromatic rings. The normalized spacial score (nSPS) is 18.8. The van der Waals surface area contributed by atoms with Gasteiger partial charge in [-0.05, 0) is 0 Å². The molecule has 10 nitrogen and oxygen atoms in total. The Hall–Kier alpha value is -3.56. The van der Waals surface area contributed by atoms with Crippen LogP contribution in [0.4, 0.5) is 0 Å². The van der Waals surface area contributed by atoms with Crippen LogP contribution in [0.2, 0.25) is 0 Å². The zero-order valence-corrected chi connectivity index (χ0v) is 26.4. The van der Waals surface area contributed by atoms with Gasteiger partial charge in [-0.3, -0.25) is 0 Å². The summed E-state index contributed by atoms with van der Waals surface area (Å²) in [5, 5.41) is 0. The van der Waals surface area contributed by atoms with Crippen molar-refractivity contribution in [2.24, 2.45) is 0 Å². The number of H-pyrrole nitrogens is 1. The molecule has 224 valence electrons. The van der Waals surface area contributed by atoms with Crippen LogP contribution in [0.1, 0.15) is 34.9 Å². The molecule has 1 unspecified atom stereocenters. The summed E-state index contributed by atoms with van der Waals surface area (Å²) in [6.07, 6.45) is -0.492. The van der Waals surface area contributed by atoms with E-state index in [1.165, 1.54) is 10.8 Å². The zero-order valence-electron chi connectivity index (χ0n) is 23.8. The molecule has 43 heavy (non-hydrogen) atoms. The number of aromatic amines is 1. The summed E-state index contributed by atoms with van der Waals surface area (Å²) in [6, 6.07) is 25.1. The van der Waals surface area contributed by atoms with Gasteiger partial charge in [-0.25, -0.2) is 0 Å². The summed E-state index contributed by atoms with van der Waals surface area (Å²) < 4.78 is 43.3. The summed E-state index contributed by atoms with van der Waals surface area (Å²) in [5.41, 5.74) is 0.695. The minimum atomic E-state index is -2.11. The monoisotopic (exact) mass is 670 g/mol. The molecule has 0 amide bonds. The fourth-order valence-electron chi connectivity index (χ4n) is 5.32. The van der Waals surface area contributed by atoms with Crippen LogP contribution in [0, 0.1) is 6.92 Å². The summed E-state index contributed by atoms with van der Waals surface area (Å²) >= 11 is 2.49. The van der Waals surface area contributed by atoms with Crippen LogP contribution in [0.5, 0.6) is 11.5 Å². The Kier molecular flexibility index (Phi) is 9.62. The minimum absolute atomic E-state index is 0.00831. The van der Waals surface area contributed by atoms with Gasteiger partial charge >= 0.3 is 244 Å². The number of ether oxygens (including phenoxy) is 4. The topological polar surface area (TPSA) is 118 Å². The van der Waals surface area contributed by atoms with Crippen molar-refractivity contribution in [3.05, 3.63) is 128 Å². The number of hydrogen-bond acceptors (Lipinski definition) is 8. The molecule has 1 aromatic heterocycles. The van der Waals surface area contributed by atoms with E-state index in [1.54, 1.807) is 21.1 Å². The van der Waals surface area contributed by atoms with E-state index < -0.39 is 42.0 Å². The first-order valence-corrected chi connectivity index (χ1v) is 16.9. The second-order valence-corrected chi connectivity index (χ2v) is 12.6. The fraction of sp³-hybridized carbons (Fsp3) is 0.290. The third-order valence-corrected chi connectivity index (χ3v) is 8.48. The van der Waals surface area contributed by atoms with Crippen molar-refractivity contribution < 1.29 is 28.0 Å². The van der Waals surface area contributed by atoms with Crippen molar-refractivity contribution in [1.82, 2.24) is 9.55 Å². The molecule has 1 N–H and O–H groups in total. The molecule has 1 aliphatic rings. The van der Waals surface area contributed by atoms with Crippen molar-refractivity contribution in [1.29, 1.82) is 0 Å². The number of nitrogens with zero attached hydrogens (tertiary/aromatic N) is 1. The first-order valence-electron chi connectivity index (χ1n) is 13.5. The second-order valence-electron chi connectivity index (χ2n) is 10.0. The van der Waals surface area contributed by atoms with Crippen molar-refractivity contribution >= 4 is 22.3 Å². The molecule has 0 aliphatic carbocycles. The van der Waals surface area contributed by atoms with Crippen LogP contribution in [0.3, 0.4) is 0 Å². The van der Waals surface area contributed by atoms with Gasteiger partial charge in [-0.15, -0.1) is 0 Å². The summed E-state index contributed by atoms with van der Waals surface area (Å²) in [4.78, 5) is 26.9. The van der Waals surface area contributed by atoms with E-state index in [4.69, 9.17) is 23.5 Å². The van der Waals surface area contributed by atoms with Crippen molar-refractivity contribution in [3.8, 4) is 11.5 Å². The Balaban J connectivity index is 1.58. The van der Waals surface area contributed by atoms with Crippen molar-refractivity contribution in [3.63, 3.8) is 0 Å². The number of hydrogen-bond donors (Lipinski definition) is 1. The van der Waals surface area contributed by atoms with Gasteiger partial charge in [0.05, 0.1) is 14.2 Å². The number of methoxy groups -OCH3 is 2. The van der Waals surface area contributed by atoms with Gasteiger partial charge in [0.2, 0.25) is 0 Å². The summed E-state index contributed by atoms with van der Waals surface area (Å²) in [5.74, 6) is 1.39. The second kappa shape index (κ2) is 13.4. The Labute approximate surface area is 257 Å². The third-order valence-electron chi connectivity index (χ3n) is 7.50. The molecule has 0 bridgehead atoms. The summed E-state index contributed by atoms with van der Waals surface area (Å²) in [6.45, 7) is -0.497. The van der Waals surface area contributed by atoms with Gasteiger partial charge in [-0.2, -0.15) is 0 Å². The standard InChI is InChI=1S/C31H31N2O8PSe/c1-20-18-33(30(35)32-29(20)34)28-17-26(41-42(36)43)27(40-28)19-39-31(21-7-5-4-6-8-21,22-9-13-24(37-2)14-10-22)23-11-15-25(38-3)16-12-23/h4-16,18,26-28H,17,19H2,1-3H3,(H,32,34,35)/t26-,27+,28+/m0/s1. The molecule has 1 fully saturated rings. The number of benzene rings is 3. The molecule has 1 aliphatic heterocycles. The number of aromatic nitrogens is 2.